The summed E-state index contributed by atoms with van der Waals surface area (Å²) in [7, 11) is 0. The number of aliphatic hydroxyl groups is 1. The Morgan fingerprint density at radius 2 is 1.71 bits per heavy atom. The van der Waals surface area contributed by atoms with E-state index >= 15 is 0 Å². The minimum Gasteiger partial charge on any atom is -0.464 e. The first-order valence-electron chi connectivity index (χ1n) is 9.77. The lowest BCUT2D eigenvalue weighted by Gasteiger charge is -2.12. The molecule has 1 aliphatic heterocycles. The van der Waals surface area contributed by atoms with E-state index in [0.29, 0.717) is 19.4 Å². The van der Waals surface area contributed by atoms with Gasteiger partial charge in [-0.3, -0.25) is 4.79 Å². The molecule has 1 aliphatic rings. The topological polar surface area (TPSA) is 75.6 Å². The van der Waals surface area contributed by atoms with Crippen LogP contribution < -0.4 is 5.32 Å². The van der Waals surface area contributed by atoms with Crippen LogP contribution in [0.3, 0.4) is 0 Å². The molecule has 0 aromatic carbocycles. The maximum absolute atomic E-state index is 11.8. The average Bonchev–Trinajstić information content (AvgIpc) is 2.94. The van der Waals surface area contributed by atoms with Gasteiger partial charge in [0, 0.05) is 6.42 Å². The summed E-state index contributed by atoms with van der Waals surface area (Å²) in [5.74, 6) is -0.633. The van der Waals surface area contributed by atoms with E-state index in [1.807, 2.05) is 0 Å². The van der Waals surface area contributed by atoms with Crippen molar-refractivity contribution in [1.29, 1.82) is 0 Å². The first-order valence-corrected chi connectivity index (χ1v) is 9.77. The van der Waals surface area contributed by atoms with Gasteiger partial charge in [-0.15, -0.1) is 0 Å². The van der Waals surface area contributed by atoms with E-state index in [0.717, 1.165) is 12.8 Å². The van der Waals surface area contributed by atoms with Gasteiger partial charge >= 0.3 is 5.97 Å². The third-order valence-electron chi connectivity index (χ3n) is 4.58. The van der Waals surface area contributed by atoms with Crippen LogP contribution in [0.25, 0.3) is 0 Å². The molecule has 2 atom stereocenters. The fraction of sp³-hybridized carbons (Fsp3) is 0.895. The van der Waals surface area contributed by atoms with E-state index in [1.54, 1.807) is 0 Å². The van der Waals surface area contributed by atoms with E-state index < -0.39 is 12.1 Å². The van der Waals surface area contributed by atoms with Gasteiger partial charge < -0.3 is 15.2 Å². The highest BCUT2D eigenvalue weighted by Gasteiger charge is 2.28. The van der Waals surface area contributed by atoms with Gasteiger partial charge in [-0.05, 0) is 6.42 Å². The van der Waals surface area contributed by atoms with Crippen LogP contribution in [0.5, 0.6) is 0 Å². The first-order chi connectivity index (χ1) is 11.6. The molecule has 1 heterocycles. The van der Waals surface area contributed by atoms with Gasteiger partial charge in [0.25, 0.3) is 0 Å². The lowest BCUT2D eigenvalue weighted by Crippen LogP contribution is -2.39. The maximum Gasteiger partial charge on any atom is 0.328 e. The van der Waals surface area contributed by atoms with Crippen LogP contribution >= 0.6 is 0 Å². The molecule has 0 radical (unpaired) electrons. The maximum atomic E-state index is 11.8. The van der Waals surface area contributed by atoms with Crippen molar-refractivity contribution in [2.24, 2.45) is 0 Å². The Hall–Kier alpha value is -1.10. The van der Waals surface area contributed by atoms with Crippen molar-refractivity contribution in [1.82, 2.24) is 5.32 Å². The SMILES string of the molecule is CCCCCCCCCCCCC(O)CC(=O)NC1CCOC1=O. The van der Waals surface area contributed by atoms with E-state index in [4.69, 9.17) is 4.74 Å². The summed E-state index contributed by atoms with van der Waals surface area (Å²) in [5.41, 5.74) is 0. The molecular formula is C19H35NO4. The molecular weight excluding hydrogens is 306 g/mol. The number of unbranched alkanes of at least 4 members (excludes halogenated alkanes) is 9. The molecule has 0 spiro atoms. The second-order valence-electron chi connectivity index (χ2n) is 6.90. The van der Waals surface area contributed by atoms with E-state index in [9.17, 15) is 14.7 Å². The molecule has 1 saturated heterocycles. The number of carbonyl (C=O) groups excluding carboxylic acids is 2. The van der Waals surface area contributed by atoms with Crippen molar-refractivity contribution in [3.05, 3.63) is 0 Å². The quantitative estimate of drug-likeness (QED) is 0.375. The Labute approximate surface area is 146 Å². The molecule has 2 N–H and O–H groups in total. The van der Waals surface area contributed by atoms with Crippen molar-refractivity contribution in [3.8, 4) is 0 Å². The number of carbonyl (C=O) groups is 2. The van der Waals surface area contributed by atoms with Gasteiger partial charge in [-0.2, -0.15) is 0 Å². The number of ether oxygens (including phenoxy) is 1. The van der Waals surface area contributed by atoms with Gasteiger partial charge in [-0.1, -0.05) is 71.1 Å². The van der Waals surface area contributed by atoms with E-state index in [1.165, 1.54) is 51.4 Å². The molecule has 24 heavy (non-hydrogen) atoms. The summed E-state index contributed by atoms with van der Waals surface area (Å²) >= 11 is 0. The van der Waals surface area contributed by atoms with Crippen LogP contribution in [0.2, 0.25) is 0 Å². The highest BCUT2D eigenvalue weighted by molar-refractivity contribution is 5.85. The monoisotopic (exact) mass is 341 g/mol. The number of esters is 1. The molecule has 1 rings (SSSR count). The summed E-state index contributed by atoms with van der Waals surface area (Å²) in [6.45, 7) is 2.60. The zero-order chi connectivity index (χ0) is 17.6. The Bertz CT molecular complexity index is 359. The number of nitrogens with one attached hydrogen (secondary N) is 1. The molecule has 0 aliphatic carbocycles. The van der Waals surface area contributed by atoms with Crippen molar-refractivity contribution < 1.29 is 19.4 Å². The Morgan fingerprint density at radius 1 is 1.12 bits per heavy atom. The normalized spacial score (nSPS) is 18.4. The number of aliphatic hydroxyl groups excluding tert-OH is 1. The van der Waals surface area contributed by atoms with E-state index in [-0.39, 0.29) is 18.3 Å². The van der Waals surface area contributed by atoms with Crippen LogP contribution in [0, 0.1) is 0 Å². The number of cyclic esters (lactones) is 1. The molecule has 140 valence electrons. The molecule has 5 heteroatoms. The highest BCUT2D eigenvalue weighted by atomic mass is 16.5. The highest BCUT2D eigenvalue weighted by Crippen LogP contribution is 2.13. The fourth-order valence-corrected chi connectivity index (χ4v) is 3.06. The van der Waals surface area contributed by atoms with Gasteiger partial charge in [-0.25, -0.2) is 4.79 Å². The molecule has 1 fully saturated rings. The number of amides is 1. The third-order valence-corrected chi connectivity index (χ3v) is 4.58. The summed E-state index contributed by atoms with van der Waals surface area (Å²) in [6, 6.07) is -0.526. The second kappa shape index (κ2) is 13.2. The summed E-state index contributed by atoms with van der Waals surface area (Å²) in [6.07, 6.45) is 13.2. The summed E-state index contributed by atoms with van der Waals surface area (Å²) in [4.78, 5) is 23.0. The van der Waals surface area contributed by atoms with Crippen LogP contribution in [-0.2, 0) is 14.3 Å². The van der Waals surface area contributed by atoms with Crippen molar-refractivity contribution >= 4 is 11.9 Å². The number of hydrogen-bond acceptors (Lipinski definition) is 4. The number of hydrogen-bond donors (Lipinski definition) is 2. The summed E-state index contributed by atoms with van der Waals surface area (Å²) in [5, 5.41) is 12.5. The van der Waals surface area contributed by atoms with Crippen LogP contribution in [0.15, 0.2) is 0 Å². The first kappa shape index (κ1) is 20.9. The van der Waals surface area contributed by atoms with Crippen LogP contribution in [0.1, 0.15) is 90.4 Å². The lowest BCUT2D eigenvalue weighted by molar-refractivity contribution is -0.141. The van der Waals surface area contributed by atoms with Gasteiger partial charge in [0.1, 0.15) is 6.04 Å². The predicted octanol–water partition coefficient (Wildman–Crippen LogP) is 3.48. The molecule has 0 bridgehead atoms. The molecule has 0 aromatic heterocycles. The second-order valence-corrected chi connectivity index (χ2v) is 6.90. The molecule has 0 saturated carbocycles. The Balaban J connectivity index is 1.91. The van der Waals surface area contributed by atoms with Gasteiger partial charge in [0.2, 0.25) is 5.91 Å². The standard InChI is InChI=1S/C19H35NO4/c1-2-3-4-5-6-7-8-9-10-11-12-16(21)15-18(22)20-17-13-14-24-19(17)23/h16-17,21H,2-15H2,1H3,(H,20,22). The van der Waals surface area contributed by atoms with Crippen molar-refractivity contribution in [2.45, 2.75) is 103 Å². The minimum atomic E-state index is -0.614. The smallest absolute Gasteiger partial charge is 0.328 e. The van der Waals surface area contributed by atoms with Crippen molar-refractivity contribution in [3.63, 3.8) is 0 Å². The molecule has 1 amide bonds. The van der Waals surface area contributed by atoms with Crippen LogP contribution in [-0.4, -0.2) is 35.7 Å². The summed E-state index contributed by atoms with van der Waals surface area (Å²) < 4.78 is 4.79. The lowest BCUT2D eigenvalue weighted by atomic mass is 10.0. The zero-order valence-electron chi connectivity index (χ0n) is 15.2. The fourth-order valence-electron chi connectivity index (χ4n) is 3.06. The molecule has 2 unspecified atom stereocenters. The largest absolute Gasteiger partial charge is 0.464 e. The average molecular weight is 341 g/mol. The van der Waals surface area contributed by atoms with E-state index in [2.05, 4.69) is 12.2 Å². The molecule has 0 aromatic rings. The third kappa shape index (κ3) is 9.91. The van der Waals surface area contributed by atoms with Gasteiger partial charge in [0.05, 0.1) is 19.1 Å². The molecule has 5 nitrogen and oxygen atoms in total. The Kier molecular flexibility index (Phi) is 11.5. The minimum absolute atomic E-state index is 0.0706. The zero-order valence-corrected chi connectivity index (χ0v) is 15.2. The van der Waals surface area contributed by atoms with Crippen LogP contribution in [0.4, 0.5) is 0 Å². The Morgan fingerprint density at radius 3 is 2.25 bits per heavy atom. The number of rotatable bonds is 14. The van der Waals surface area contributed by atoms with Gasteiger partial charge in [0.15, 0.2) is 0 Å². The van der Waals surface area contributed by atoms with Crippen molar-refractivity contribution in [2.75, 3.05) is 6.61 Å². The predicted molar refractivity (Wildman–Crippen MR) is 94.6 cm³/mol.